The summed E-state index contributed by atoms with van der Waals surface area (Å²) in [5.41, 5.74) is -2.07. The highest BCUT2D eigenvalue weighted by molar-refractivity contribution is 6.26. The van der Waals surface area contributed by atoms with Gasteiger partial charge in [0.1, 0.15) is 15.4 Å². The van der Waals surface area contributed by atoms with E-state index >= 15 is 0 Å². The molecule has 0 bridgehead atoms. The lowest BCUT2D eigenvalue weighted by Gasteiger charge is -1.99. The lowest BCUT2D eigenvalue weighted by molar-refractivity contribution is -0.614. The van der Waals surface area contributed by atoms with Crippen molar-refractivity contribution in [2.45, 2.75) is 0 Å². The smallest absolute Gasteiger partial charge is 0.289 e. The van der Waals surface area contributed by atoms with Crippen LogP contribution in [0.25, 0.3) is 5.57 Å². The number of carbonyl (C=O) groups is 1. The molecule has 0 saturated carbocycles. The van der Waals surface area contributed by atoms with Crippen LogP contribution in [0.1, 0.15) is 15.9 Å². The van der Waals surface area contributed by atoms with Gasteiger partial charge in [-0.05, 0) is 12.1 Å². The molecule has 0 spiro atoms. The minimum Gasteiger partial charge on any atom is -0.289 e. The van der Waals surface area contributed by atoms with Gasteiger partial charge in [0, 0.05) is 16.7 Å². The maximum absolute atomic E-state index is 13.2. The molecule has 0 radical (unpaired) electrons. The van der Waals surface area contributed by atoms with Crippen LogP contribution in [-0.2, 0) is 0 Å². The number of rotatable bonds is 2. The molecule has 0 fully saturated rings. The zero-order chi connectivity index (χ0) is 15.2. The van der Waals surface area contributed by atoms with Crippen LogP contribution in [-0.4, -0.2) is 15.6 Å². The molecular weight excluding hydrogens is 278 g/mol. The standard InChI is InChI=1S/C11H4F2N2O5/c1-4-9(11(14(17)18)15(19)20)5-2-7(12)8(13)3-6(5)10(4)16/h2-3H,1H2. The third-order valence-electron chi connectivity index (χ3n) is 2.72. The molecule has 0 aromatic heterocycles. The number of nitro groups is 2. The number of ketones is 1. The van der Waals surface area contributed by atoms with Crippen LogP contribution in [0.5, 0.6) is 0 Å². The molecule has 0 aliphatic heterocycles. The summed E-state index contributed by atoms with van der Waals surface area (Å²) in [6.07, 6.45) is 0. The Kier molecular flexibility index (Phi) is 2.89. The van der Waals surface area contributed by atoms with Crippen molar-refractivity contribution in [3.63, 3.8) is 0 Å². The predicted molar refractivity (Wildman–Crippen MR) is 60.7 cm³/mol. The van der Waals surface area contributed by atoms with E-state index in [2.05, 4.69) is 6.58 Å². The Morgan fingerprint density at radius 1 is 1.05 bits per heavy atom. The molecule has 0 N–H and O–H groups in total. The van der Waals surface area contributed by atoms with E-state index in [1.165, 1.54) is 0 Å². The number of halogens is 2. The zero-order valence-electron chi connectivity index (χ0n) is 9.55. The maximum atomic E-state index is 13.2. The average Bonchev–Trinajstić information content (AvgIpc) is 2.55. The number of hydrogen-bond donors (Lipinski definition) is 0. The monoisotopic (exact) mass is 282 g/mol. The highest BCUT2D eigenvalue weighted by atomic mass is 19.2. The average molecular weight is 282 g/mol. The van der Waals surface area contributed by atoms with Gasteiger partial charge >= 0.3 is 5.82 Å². The summed E-state index contributed by atoms with van der Waals surface area (Å²) in [4.78, 5) is 30.6. The van der Waals surface area contributed by atoms with Gasteiger partial charge in [-0.1, -0.05) is 6.58 Å². The Morgan fingerprint density at radius 3 is 1.95 bits per heavy atom. The van der Waals surface area contributed by atoms with E-state index in [9.17, 15) is 33.8 Å². The number of carbonyl (C=O) groups excluding carboxylic acids is 1. The van der Waals surface area contributed by atoms with Crippen molar-refractivity contribution < 1.29 is 23.4 Å². The van der Waals surface area contributed by atoms with E-state index < -0.39 is 55.4 Å². The Balaban J connectivity index is 2.89. The molecule has 9 heteroatoms. The summed E-state index contributed by atoms with van der Waals surface area (Å²) >= 11 is 0. The van der Waals surface area contributed by atoms with Crippen LogP contribution in [0.15, 0.2) is 30.1 Å². The van der Waals surface area contributed by atoms with Crippen molar-refractivity contribution in [3.05, 3.63) is 73.1 Å². The van der Waals surface area contributed by atoms with Gasteiger partial charge in [0.25, 0.3) is 0 Å². The van der Waals surface area contributed by atoms with Crippen LogP contribution in [0.3, 0.4) is 0 Å². The van der Waals surface area contributed by atoms with Crippen molar-refractivity contribution in [2.24, 2.45) is 0 Å². The van der Waals surface area contributed by atoms with Crippen molar-refractivity contribution in [3.8, 4) is 0 Å². The molecule has 0 amide bonds. The fourth-order valence-corrected chi connectivity index (χ4v) is 1.88. The van der Waals surface area contributed by atoms with E-state index in [4.69, 9.17) is 0 Å². The van der Waals surface area contributed by atoms with Crippen LogP contribution in [0.2, 0.25) is 0 Å². The minimum atomic E-state index is -1.51. The Morgan fingerprint density at radius 2 is 1.50 bits per heavy atom. The number of allylic oxidation sites excluding steroid dienone is 2. The van der Waals surface area contributed by atoms with E-state index in [1.54, 1.807) is 0 Å². The van der Waals surface area contributed by atoms with Gasteiger partial charge in [0.05, 0.1) is 0 Å². The SMILES string of the molecule is C=C1C(=O)c2cc(F)c(F)cc2C1=C([N+](=O)[O-])[N+](=O)[O-]. The van der Waals surface area contributed by atoms with Crippen molar-refractivity contribution in [2.75, 3.05) is 0 Å². The second-order valence-electron chi connectivity index (χ2n) is 3.83. The van der Waals surface area contributed by atoms with Gasteiger partial charge in [-0.3, -0.25) is 25.0 Å². The summed E-state index contributed by atoms with van der Waals surface area (Å²) in [5, 5.41) is 21.5. The van der Waals surface area contributed by atoms with Crippen LogP contribution >= 0.6 is 0 Å². The summed E-state index contributed by atoms with van der Waals surface area (Å²) < 4.78 is 26.3. The predicted octanol–water partition coefficient (Wildman–Crippen LogP) is 1.94. The highest BCUT2D eigenvalue weighted by Gasteiger charge is 2.43. The van der Waals surface area contributed by atoms with Crippen LogP contribution < -0.4 is 0 Å². The molecule has 2 rings (SSSR count). The van der Waals surface area contributed by atoms with Gasteiger partial charge in [0.2, 0.25) is 0 Å². The third-order valence-corrected chi connectivity index (χ3v) is 2.72. The van der Waals surface area contributed by atoms with Crippen molar-refractivity contribution in [1.82, 2.24) is 0 Å². The second-order valence-corrected chi connectivity index (χ2v) is 3.83. The summed E-state index contributed by atoms with van der Waals surface area (Å²) in [6, 6.07) is 1.03. The minimum absolute atomic E-state index is 0.398. The van der Waals surface area contributed by atoms with Crippen LogP contribution in [0.4, 0.5) is 8.78 Å². The topological polar surface area (TPSA) is 103 Å². The molecule has 0 unspecified atom stereocenters. The second kappa shape index (κ2) is 4.30. The van der Waals surface area contributed by atoms with E-state index in [0.29, 0.717) is 12.1 Å². The first-order valence-corrected chi connectivity index (χ1v) is 5.02. The lowest BCUT2D eigenvalue weighted by Crippen LogP contribution is -2.12. The normalized spacial score (nSPS) is 13.4. The van der Waals surface area contributed by atoms with Gasteiger partial charge in [0.15, 0.2) is 17.4 Å². The first kappa shape index (κ1) is 13.5. The lowest BCUT2D eigenvalue weighted by atomic mass is 10.1. The molecule has 1 aliphatic carbocycles. The quantitative estimate of drug-likeness (QED) is 0.468. The number of benzene rings is 1. The van der Waals surface area contributed by atoms with E-state index in [0.717, 1.165) is 0 Å². The Hall–Kier alpha value is -2.97. The summed E-state index contributed by atoms with van der Waals surface area (Å²) in [6.45, 7) is 3.22. The maximum Gasteiger partial charge on any atom is 0.567 e. The number of nitrogens with zero attached hydrogens (tertiary/aromatic N) is 2. The molecule has 7 nitrogen and oxygen atoms in total. The van der Waals surface area contributed by atoms with Crippen molar-refractivity contribution in [1.29, 1.82) is 0 Å². The number of Topliss-reactive ketones (excluding diaryl/α,β-unsaturated/α-hetero) is 1. The summed E-state index contributed by atoms with van der Waals surface area (Å²) in [7, 11) is 0. The molecular formula is C11H4F2N2O5. The van der Waals surface area contributed by atoms with Gasteiger partial charge in [-0.2, -0.15) is 0 Å². The van der Waals surface area contributed by atoms with E-state index in [-0.39, 0.29) is 0 Å². The number of hydrogen-bond acceptors (Lipinski definition) is 5. The molecule has 0 saturated heterocycles. The van der Waals surface area contributed by atoms with Crippen LogP contribution in [0, 0.1) is 31.9 Å². The fourth-order valence-electron chi connectivity index (χ4n) is 1.88. The molecule has 0 heterocycles. The molecule has 1 aromatic carbocycles. The molecule has 1 aromatic rings. The van der Waals surface area contributed by atoms with Gasteiger partial charge in [-0.15, -0.1) is 0 Å². The first-order chi connectivity index (χ1) is 9.25. The molecule has 1 aliphatic rings. The third kappa shape index (κ3) is 1.76. The molecule has 102 valence electrons. The largest absolute Gasteiger partial charge is 0.567 e. The summed E-state index contributed by atoms with van der Waals surface area (Å²) in [5.74, 6) is -5.15. The Labute approximate surface area is 109 Å². The zero-order valence-corrected chi connectivity index (χ0v) is 9.55. The highest BCUT2D eigenvalue weighted by Crippen LogP contribution is 2.39. The molecule has 20 heavy (non-hydrogen) atoms. The Bertz CT molecular complexity index is 723. The van der Waals surface area contributed by atoms with Crippen molar-refractivity contribution >= 4 is 11.4 Å². The first-order valence-electron chi connectivity index (χ1n) is 5.02. The molecule has 0 atom stereocenters. The fraction of sp³-hybridized carbons (Fsp3) is 0. The van der Waals surface area contributed by atoms with Gasteiger partial charge in [-0.25, -0.2) is 8.78 Å². The van der Waals surface area contributed by atoms with Gasteiger partial charge < -0.3 is 0 Å². The van der Waals surface area contributed by atoms with E-state index in [1.807, 2.05) is 0 Å². The number of fused-ring (bicyclic) bond motifs is 1.